The first-order valence-electron chi connectivity index (χ1n) is 6.85. The molecule has 0 unspecified atom stereocenters. The molecule has 0 saturated carbocycles. The van der Waals surface area contributed by atoms with Crippen molar-refractivity contribution in [1.82, 2.24) is 9.97 Å². The van der Waals surface area contributed by atoms with Gasteiger partial charge in [-0.15, -0.1) is 0 Å². The molecule has 0 bridgehead atoms. The van der Waals surface area contributed by atoms with E-state index in [4.69, 9.17) is 16.3 Å². The predicted molar refractivity (Wildman–Crippen MR) is 86.8 cm³/mol. The van der Waals surface area contributed by atoms with Gasteiger partial charge in [0.05, 0.1) is 12.1 Å². The SMILES string of the molecule is CCCNc1cc(C(=O)Nc2ccc(OC)c(Cl)c2)ncn1. The second-order valence-corrected chi connectivity index (χ2v) is 4.93. The van der Waals surface area contributed by atoms with E-state index in [-0.39, 0.29) is 11.6 Å². The molecule has 0 fully saturated rings. The van der Waals surface area contributed by atoms with E-state index in [1.807, 2.05) is 0 Å². The van der Waals surface area contributed by atoms with Crippen LogP contribution in [-0.4, -0.2) is 29.5 Å². The Morgan fingerprint density at radius 2 is 2.14 bits per heavy atom. The number of hydrogen-bond donors (Lipinski definition) is 2. The molecule has 0 spiro atoms. The molecule has 0 aliphatic heterocycles. The van der Waals surface area contributed by atoms with Gasteiger partial charge in [-0.05, 0) is 24.6 Å². The maximum atomic E-state index is 12.2. The van der Waals surface area contributed by atoms with Crippen LogP contribution in [0.15, 0.2) is 30.6 Å². The molecular formula is C15H17ClN4O2. The molecule has 22 heavy (non-hydrogen) atoms. The minimum atomic E-state index is -0.330. The molecule has 1 aromatic carbocycles. The zero-order valence-electron chi connectivity index (χ0n) is 12.4. The molecule has 0 aliphatic carbocycles. The Labute approximate surface area is 133 Å². The largest absolute Gasteiger partial charge is 0.495 e. The molecule has 1 aromatic heterocycles. The lowest BCUT2D eigenvalue weighted by Crippen LogP contribution is -2.14. The molecule has 0 radical (unpaired) electrons. The van der Waals surface area contributed by atoms with E-state index in [0.717, 1.165) is 13.0 Å². The molecule has 2 N–H and O–H groups in total. The Kier molecular flexibility index (Phi) is 5.55. The minimum absolute atomic E-state index is 0.278. The Balaban J connectivity index is 2.10. The first kappa shape index (κ1) is 16.0. The molecular weight excluding hydrogens is 304 g/mol. The van der Waals surface area contributed by atoms with E-state index >= 15 is 0 Å². The van der Waals surface area contributed by atoms with E-state index in [1.165, 1.54) is 13.4 Å². The number of ether oxygens (including phenoxy) is 1. The summed E-state index contributed by atoms with van der Waals surface area (Å²) in [6.07, 6.45) is 2.32. The zero-order valence-corrected chi connectivity index (χ0v) is 13.1. The molecule has 1 amide bonds. The van der Waals surface area contributed by atoms with Gasteiger partial charge in [0.15, 0.2) is 0 Å². The standard InChI is InChI=1S/C15H17ClN4O2/c1-3-6-17-14-8-12(18-9-19-14)15(21)20-10-4-5-13(22-2)11(16)7-10/h4-5,7-9H,3,6H2,1-2H3,(H,20,21)(H,17,18,19). The first-order chi connectivity index (χ1) is 10.6. The average molecular weight is 321 g/mol. The normalized spacial score (nSPS) is 10.1. The number of carbonyl (C=O) groups is 1. The molecule has 116 valence electrons. The highest BCUT2D eigenvalue weighted by atomic mass is 35.5. The fourth-order valence-electron chi connectivity index (χ4n) is 1.77. The molecule has 2 rings (SSSR count). The smallest absolute Gasteiger partial charge is 0.274 e. The average Bonchev–Trinajstić information content (AvgIpc) is 2.53. The maximum Gasteiger partial charge on any atom is 0.274 e. The van der Waals surface area contributed by atoms with Gasteiger partial charge < -0.3 is 15.4 Å². The second-order valence-electron chi connectivity index (χ2n) is 4.52. The molecule has 1 heterocycles. The number of anilines is 2. The second kappa shape index (κ2) is 7.61. The molecule has 0 atom stereocenters. The highest BCUT2D eigenvalue weighted by Gasteiger charge is 2.10. The van der Waals surface area contributed by atoms with Crippen molar-refractivity contribution in [3.63, 3.8) is 0 Å². The Hall–Kier alpha value is -2.34. The van der Waals surface area contributed by atoms with Gasteiger partial charge in [0.1, 0.15) is 23.6 Å². The van der Waals surface area contributed by atoms with E-state index in [1.54, 1.807) is 24.3 Å². The van der Waals surface area contributed by atoms with Crippen molar-refractivity contribution in [1.29, 1.82) is 0 Å². The van der Waals surface area contributed by atoms with Crippen LogP contribution in [0.3, 0.4) is 0 Å². The van der Waals surface area contributed by atoms with Gasteiger partial charge in [-0.3, -0.25) is 4.79 Å². The molecule has 0 saturated heterocycles. The summed E-state index contributed by atoms with van der Waals surface area (Å²) in [6, 6.07) is 6.62. The van der Waals surface area contributed by atoms with E-state index < -0.39 is 0 Å². The molecule has 6 nitrogen and oxygen atoms in total. The summed E-state index contributed by atoms with van der Waals surface area (Å²) < 4.78 is 5.07. The third-order valence-electron chi connectivity index (χ3n) is 2.87. The predicted octanol–water partition coefficient (Wildman–Crippen LogP) is 3.21. The zero-order chi connectivity index (χ0) is 15.9. The van der Waals surface area contributed by atoms with Crippen LogP contribution in [0.25, 0.3) is 0 Å². The third-order valence-corrected chi connectivity index (χ3v) is 3.16. The van der Waals surface area contributed by atoms with Crippen molar-refractivity contribution in [2.75, 3.05) is 24.3 Å². The van der Waals surface area contributed by atoms with E-state index in [0.29, 0.717) is 22.3 Å². The van der Waals surface area contributed by atoms with Gasteiger partial charge in [0.2, 0.25) is 0 Å². The summed E-state index contributed by atoms with van der Waals surface area (Å²) in [5.74, 6) is 0.839. The number of nitrogens with one attached hydrogen (secondary N) is 2. The van der Waals surface area contributed by atoms with Crippen LogP contribution in [0.1, 0.15) is 23.8 Å². The fraction of sp³-hybridized carbons (Fsp3) is 0.267. The number of rotatable bonds is 6. The van der Waals surface area contributed by atoms with Crippen LogP contribution in [0.4, 0.5) is 11.5 Å². The molecule has 2 aromatic rings. The number of aromatic nitrogens is 2. The Bertz CT molecular complexity index is 664. The number of carbonyl (C=O) groups excluding carboxylic acids is 1. The van der Waals surface area contributed by atoms with Gasteiger partial charge in [-0.2, -0.15) is 0 Å². The van der Waals surface area contributed by atoms with Crippen LogP contribution in [0, 0.1) is 0 Å². The summed E-state index contributed by atoms with van der Waals surface area (Å²) in [5, 5.41) is 6.27. The monoisotopic (exact) mass is 320 g/mol. The Morgan fingerprint density at radius 3 is 2.82 bits per heavy atom. The van der Waals surface area contributed by atoms with Crippen LogP contribution < -0.4 is 15.4 Å². The quantitative estimate of drug-likeness (QED) is 0.854. The molecule has 0 aliphatic rings. The van der Waals surface area contributed by atoms with E-state index in [9.17, 15) is 4.79 Å². The highest BCUT2D eigenvalue weighted by Crippen LogP contribution is 2.27. The number of hydrogen-bond acceptors (Lipinski definition) is 5. The number of benzene rings is 1. The summed E-state index contributed by atoms with van der Waals surface area (Å²) in [4.78, 5) is 20.2. The number of halogens is 1. The van der Waals surface area contributed by atoms with Crippen molar-refractivity contribution in [2.45, 2.75) is 13.3 Å². The van der Waals surface area contributed by atoms with Crippen LogP contribution >= 0.6 is 11.6 Å². The van der Waals surface area contributed by atoms with Crippen molar-refractivity contribution >= 4 is 29.0 Å². The minimum Gasteiger partial charge on any atom is -0.495 e. The van der Waals surface area contributed by atoms with Crippen molar-refractivity contribution in [2.24, 2.45) is 0 Å². The first-order valence-corrected chi connectivity index (χ1v) is 7.22. The maximum absolute atomic E-state index is 12.2. The topological polar surface area (TPSA) is 76.1 Å². The molecule has 7 heteroatoms. The van der Waals surface area contributed by atoms with Crippen LogP contribution in [0.5, 0.6) is 5.75 Å². The van der Waals surface area contributed by atoms with Gasteiger partial charge in [-0.1, -0.05) is 18.5 Å². The summed E-state index contributed by atoms with van der Waals surface area (Å²) in [6.45, 7) is 2.83. The van der Waals surface area contributed by atoms with Crippen molar-refractivity contribution in [3.8, 4) is 5.75 Å². The van der Waals surface area contributed by atoms with Gasteiger partial charge >= 0.3 is 0 Å². The third kappa shape index (κ3) is 4.08. The lowest BCUT2D eigenvalue weighted by molar-refractivity contribution is 0.102. The number of methoxy groups -OCH3 is 1. The summed E-state index contributed by atoms with van der Waals surface area (Å²) >= 11 is 6.03. The van der Waals surface area contributed by atoms with Crippen LogP contribution in [-0.2, 0) is 0 Å². The summed E-state index contributed by atoms with van der Waals surface area (Å²) in [7, 11) is 1.53. The van der Waals surface area contributed by atoms with Gasteiger partial charge in [0, 0.05) is 18.3 Å². The Morgan fingerprint density at radius 1 is 1.32 bits per heavy atom. The lowest BCUT2D eigenvalue weighted by Gasteiger charge is -2.08. The summed E-state index contributed by atoms with van der Waals surface area (Å²) in [5.41, 5.74) is 0.845. The number of nitrogens with zero attached hydrogens (tertiary/aromatic N) is 2. The van der Waals surface area contributed by atoms with Gasteiger partial charge in [-0.25, -0.2) is 9.97 Å². The lowest BCUT2D eigenvalue weighted by atomic mass is 10.3. The van der Waals surface area contributed by atoms with Crippen molar-refractivity contribution in [3.05, 3.63) is 41.3 Å². The highest BCUT2D eigenvalue weighted by molar-refractivity contribution is 6.32. The fourth-order valence-corrected chi connectivity index (χ4v) is 2.03. The van der Waals surface area contributed by atoms with Gasteiger partial charge in [0.25, 0.3) is 5.91 Å². The van der Waals surface area contributed by atoms with Crippen molar-refractivity contribution < 1.29 is 9.53 Å². The van der Waals surface area contributed by atoms with Crippen LogP contribution in [0.2, 0.25) is 5.02 Å². The number of amides is 1. The van der Waals surface area contributed by atoms with E-state index in [2.05, 4.69) is 27.5 Å².